The highest BCUT2D eigenvalue weighted by Crippen LogP contribution is 2.35. The Morgan fingerprint density at radius 1 is 1.18 bits per heavy atom. The Morgan fingerprint density at radius 3 is 2.58 bits per heavy atom. The maximum absolute atomic E-state index is 12.3. The van der Waals surface area contributed by atoms with Crippen LogP contribution in [0.25, 0.3) is 0 Å². The first kappa shape index (κ1) is 22.6. The fourth-order valence-corrected chi connectivity index (χ4v) is 3.80. The van der Waals surface area contributed by atoms with Gasteiger partial charge in [0.05, 0.1) is 12.7 Å². The van der Waals surface area contributed by atoms with Crippen LogP contribution >= 0.6 is 0 Å². The number of methoxy groups -OCH3 is 1. The fourth-order valence-electron chi connectivity index (χ4n) is 3.80. The van der Waals surface area contributed by atoms with Crippen molar-refractivity contribution in [3.8, 4) is 5.75 Å². The summed E-state index contributed by atoms with van der Waals surface area (Å²) >= 11 is 0. The Morgan fingerprint density at radius 2 is 1.91 bits per heavy atom. The predicted molar refractivity (Wildman–Crippen MR) is 126 cm³/mol. The van der Waals surface area contributed by atoms with E-state index in [-0.39, 0.29) is 18.6 Å². The second-order valence-electron chi connectivity index (χ2n) is 8.57. The maximum atomic E-state index is 12.3. The summed E-state index contributed by atoms with van der Waals surface area (Å²) in [4.78, 5) is 16.9. The molecule has 0 saturated carbocycles. The van der Waals surface area contributed by atoms with E-state index >= 15 is 0 Å². The average molecular weight is 449 g/mol. The minimum Gasteiger partial charge on any atom is -0.497 e. The van der Waals surface area contributed by atoms with Crippen molar-refractivity contribution in [2.75, 3.05) is 19.0 Å². The third kappa shape index (κ3) is 5.09. The lowest BCUT2D eigenvalue weighted by Gasteiger charge is -2.31. The normalized spacial score (nSPS) is 19.5. The molecule has 1 aliphatic carbocycles. The monoisotopic (exact) mass is 448 g/mol. The molecule has 172 valence electrons. The van der Waals surface area contributed by atoms with Gasteiger partial charge in [-0.25, -0.2) is 4.99 Å². The van der Waals surface area contributed by atoms with Crippen molar-refractivity contribution in [1.29, 1.82) is 0 Å². The Hall–Kier alpha value is -3.58. The van der Waals surface area contributed by atoms with E-state index in [2.05, 4.69) is 10.3 Å². The van der Waals surface area contributed by atoms with E-state index in [0.717, 1.165) is 11.1 Å². The maximum Gasteiger partial charge on any atom is 0.262 e. The van der Waals surface area contributed by atoms with E-state index in [1.165, 1.54) is 0 Å². The lowest BCUT2D eigenvalue weighted by Crippen LogP contribution is -2.37. The molecule has 0 saturated heterocycles. The number of allylic oxidation sites excluding steroid dienone is 1. The van der Waals surface area contributed by atoms with E-state index in [1.54, 1.807) is 39.2 Å². The number of nitrogens with zero attached hydrogens (tertiary/aromatic N) is 1. The molecule has 7 heteroatoms. The van der Waals surface area contributed by atoms with Gasteiger partial charge in [0.25, 0.3) is 5.91 Å². The average Bonchev–Trinajstić information content (AvgIpc) is 3.21. The standard InChI is InChI=1S/C26H28N2O5/c1-16-7-5-6-8-22(16)32-15-23(29)27-18-11-9-17(10-12-18)25-28-21-14-19(31-4)13-20(24(21)33-25)26(2,3)30/h5-14,21,24,30H,15H2,1-4H3,(H,27,29). The van der Waals surface area contributed by atoms with E-state index in [1.807, 2.05) is 49.4 Å². The van der Waals surface area contributed by atoms with Gasteiger partial charge in [0, 0.05) is 16.8 Å². The van der Waals surface area contributed by atoms with Crippen LogP contribution < -0.4 is 10.1 Å². The van der Waals surface area contributed by atoms with Gasteiger partial charge in [-0.05, 0) is 68.8 Å². The molecule has 2 aliphatic rings. The quantitative estimate of drug-likeness (QED) is 0.673. The molecule has 2 aromatic rings. The number of para-hydroxylation sites is 1. The van der Waals surface area contributed by atoms with Crippen molar-refractivity contribution in [2.24, 2.45) is 4.99 Å². The van der Waals surface area contributed by atoms with Crippen LogP contribution in [0.1, 0.15) is 25.0 Å². The van der Waals surface area contributed by atoms with Crippen LogP contribution in [0, 0.1) is 6.92 Å². The highest BCUT2D eigenvalue weighted by atomic mass is 16.5. The minimum absolute atomic E-state index is 0.0774. The van der Waals surface area contributed by atoms with Gasteiger partial charge in [-0.3, -0.25) is 4.79 Å². The van der Waals surface area contributed by atoms with Gasteiger partial charge in [0.2, 0.25) is 5.90 Å². The van der Waals surface area contributed by atoms with Crippen molar-refractivity contribution < 1.29 is 24.1 Å². The zero-order chi connectivity index (χ0) is 23.6. The molecular formula is C26H28N2O5. The SMILES string of the molecule is COC1=CC2N=C(c3ccc(NC(=O)COc4ccccc4C)cc3)OC2C(C(C)(C)O)=C1. The molecule has 1 heterocycles. The van der Waals surface area contributed by atoms with Crippen LogP contribution in [0.4, 0.5) is 5.69 Å². The smallest absolute Gasteiger partial charge is 0.262 e. The number of nitrogens with one attached hydrogen (secondary N) is 1. The number of benzene rings is 2. The summed E-state index contributed by atoms with van der Waals surface area (Å²) < 4.78 is 17.1. The van der Waals surface area contributed by atoms with Crippen molar-refractivity contribution in [3.05, 3.63) is 83.1 Å². The molecule has 7 nitrogen and oxygen atoms in total. The topological polar surface area (TPSA) is 89.4 Å². The molecule has 4 rings (SSSR count). The molecule has 1 amide bonds. The summed E-state index contributed by atoms with van der Waals surface area (Å²) in [5.74, 6) is 1.57. The largest absolute Gasteiger partial charge is 0.497 e. The fraction of sp³-hybridized carbons (Fsp3) is 0.308. The van der Waals surface area contributed by atoms with E-state index < -0.39 is 11.7 Å². The van der Waals surface area contributed by atoms with Crippen LogP contribution in [0.5, 0.6) is 5.75 Å². The lowest BCUT2D eigenvalue weighted by molar-refractivity contribution is -0.118. The van der Waals surface area contributed by atoms with Gasteiger partial charge < -0.3 is 24.6 Å². The zero-order valence-electron chi connectivity index (χ0n) is 19.2. The van der Waals surface area contributed by atoms with Crippen molar-refractivity contribution >= 4 is 17.5 Å². The number of hydrogen-bond donors (Lipinski definition) is 2. The number of carbonyl (C=O) groups is 1. The number of amides is 1. The third-order valence-corrected chi connectivity index (χ3v) is 5.56. The first-order valence-electron chi connectivity index (χ1n) is 10.8. The molecule has 2 aromatic carbocycles. The molecule has 0 fully saturated rings. The number of rotatable bonds is 7. The molecule has 0 bridgehead atoms. The molecule has 0 spiro atoms. The molecule has 33 heavy (non-hydrogen) atoms. The first-order valence-corrected chi connectivity index (χ1v) is 10.8. The lowest BCUT2D eigenvalue weighted by atomic mass is 9.86. The van der Waals surface area contributed by atoms with Crippen LogP contribution in [-0.2, 0) is 14.3 Å². The number of aliphatic imine (C=N–C) groups is 1. The highest BCUT2D eigenvalue weighted by Gasteiger charge is 2.41. The Kier molecular flexibility index (Phi) is 6.24. The van der Waals surface area contributed by atoms with E-state index in [0.29, 0.717) is 28.7 Å². The number of carbonyl (C=O) groups excluding carboxylic acids is 1. The number of anilines is 1. The van der Waals surface area contributed by atoms with Gasteiger partial charge in [-0.1, -0.05) is 18.2 Å². The molecule has 2 atom stereocenters. The zero-order valence-corrected chi connectivity index (χ0v) is 19.2. The summed E-state index contributed by atoms with van der Waals surface area (Å²) in [6, 6.07) is 14.5. The molecule has 2 unspecified atom stereocenters. The molecule has 0 radical (unpaired) electrons. The first-order chi connectivity index (χ1) is 15.7. The number of hydrogen-bond acceptors (Lipinski definition) is 6. The molecular weight excluding hydrogens is 420 g/mol. The summed E-state index contributed by atoms with van der Waals surface area (Å²) in [7, 11) is 1.59. The van der Waals surface area contributed by atoms with Gasteiger partial charge in [0.1, 0.15) is 17.6 Å². The summed E-state index contributed by atoms with van der Waals surface area (Å²) in [6.45, 7) is 5.29. The van der Waals surface area contributed by atoms with Gasteiger partial charge in [0.15, 0.2) is 12.7 Å². The minimum atomic E-state index is -1.07. The Balaban J connectivity index is 1.40. The van der Waals surface area contributed by atoms with Crippen LogP contribution in [0.15, 0.2) is 77.0 Å². The van der Waals surface area contributed by atoms with E-state index in [9.17, 15) is 9.90 Å². The predicted octanol–water partition coefficient (Wildman–Crippen LogP) is 3.77. The van der Waals surface area contributed by atoms with E-state index in [4.69, 9.17) is 14.2 Å². The van der Waals surface area contributed by atoms with Crippen molar-refractivity contribution in [3.63, 3.8) is 0 Å². The highest BCUT2D eigenvalue weighted by molar-refractivity contribution is 5.97. The summed E-state index contributed by atoms with van der Waals surface area (Å²) in [5, 5.41) is 13.4. The number of aliphatic hydroxyl groups is 1. The second kappa shape index (κ2) is 9.11. The molecule has 2 N–H and O–H groups in total. The van der Waals surface area contributed by atoms with Gasteiger partial charge in [-0.15, -0.1) is 0 Å². The van der Waals surface area contributed by atoms with Gasteiger partial charge in [-0.2, -0.15) is 0 Å². The Bertz CT molecular complexity index is 1130. The Labute approximate surface area is 193 Å². The second-order valence-corrected chi connectivity index (χ2v) is 8.57. The number of fused-ring (bicyclic) bond motifs is 1. The van der Waals surface area contributed by atoms with Crippen molar-refractivity contribution in [2.45, 2.75) is 38.5 Å². The number of ether oxygens (including phenoxy) is 3. The van der Waals surface area contributed by atoms with Crippen LogP contribution in [0.3, 0.4) is 0 Å². The number of aryl methyl sites for hydroxylation is 1. The van der Waals surface area contributed by atoms with Crippen molar-refractivity contribution in [1.82, 2.24) is 0 Å². The molecule has 1 aliphatic heterocycles. The van der Waals surface area contributed by atoms with Gasteiger partial charge >= 0.3 is 0 Å². The third-order valence-electron chi connectivity index (χ3n) is 5.56. The summed E-state index contributed by atoms with van der Waals surface area (Å²) in [5.41, 5.74) is 2.04. The van der Waals surface area contributed by atoms with Crippen LogP contribution in [0.2, 0.25) is 0 Å². The summed E-state index contributed by atoms with van der Waals surface area (Å²) in [6.07, 6.45) is 3.30. The molecule has 0 aromatic heterocycles. The van der Waals surface area contributed by atoms with Crippen LogP contribution in [-0.4, -0.2) is 48.4 Å².